The third kappa shape index (κ3) is 4.55. The van der Waals surface area contributed by atoms with Gasteiger partial charge in [0.05, 0.1) is 17.3 Å². The van der Waals surface area contributed by atoms with Crippen molar-refractivity contribution in [3.63, 3.8) is 0 Å². The van der Waals surface area contributed by atoms with Gasteiger partial charge in [0.25, 0.3) is 11.8 Å². The van der Waals surface area contributed by atoms with E-state index in [4.69, 9.17) is 9.84 Å². The summed E-state index contributed by atoms with van der Waals surface area (Å²) in [4.78, 5) is 27.2. The van der Waals surface area contributed by atoms with Gasteiger partial charge < -0.3 is 4.74 Å². The van der Waals surface area contributed by atoms with Gasteiger partial charge in [-0.15, -0.1) is 0 Å². The molecule has 0 saturated heterocycles. The molecule has 8 heteroatoms. The van der Waals surface area contributed by atoms with Crippen molar-refractivity contribution in [2.45, 2.75) is 20.3 Å². The van der Waals surface area contributed by atoms with Crippen LogP contribution in [0.5, 0.6) is 5.75 Å². The molecule has 0 spiro atoms. The van der Waals surface area contributed by atoms with Crippen molar-refractivity contribution in [1.82, 2.24) is 14.7 Å². The van der Waals surface area contributed by atoms with Crippen molar-refractivity contribution in [1.29, 1.82) is 5.26 Å². The van der Waals surface area contributed by atoms with E-state index in [1.165, 1.54) is 0 Å². The van der Waals surface area contributed by atoms with Gasteiger partial charge in [0.15, 0.2) is 0 Å². The van der Waals surface area contributed by atoms with Gasteiger partial charge >= 0.3 is 0 Å². The fourth-order valence-corrected chi connectivity index (χ4v) is 4.50. The summed E-state index contributed by atoms with van der Waals surface area (Å²) in [6.07, 6.45) is 4.15. The smallest absolute Gasteiger partial charge is 0.271 e. The standard InChI is InChI=1S/C27H23BrN4O3/c1-4-12-31-26(33)21(17(2)22(15-29)27(31)34)13-19-16-32(20-8-6-5-7-9-20)30-25(19)18-10-11-24(35-3)23(28)14-18/h5-11,13-14,16H,4,12H2,1-3H3/b21-13+. The maximum atomic E-state index is 13.3. The lowest BCUT2D eigenvalue weighted by Gasteiger charge is -2.27. The Morgan fingerprint density at radius 3 is 2.51 bits per heavy atom. The monoisotopic (exact) mass is 530 g/mol. The van der Waals surface area contributed by atoms with E-state index in [9.17, 15) is 14.9 Å². The lowest BCUT2D eigenvalue weighted by molar-refractivity contribution is -0.140. The lowest BCUT2D eigenvalue weighted by atomic mass is 9.93. The Morgan fingerprint density at radius 1 is 1.14 bits per heavy atom. The highest BCUT2D eigenvalue weighted by atomic mass is 79.9. The predicted octanol–water partition coefficient (Wildman–Crippen LogP) is 5.31. The number of ether oxygens (including phenoxy) is 1. The molecule has 1 aliphatic rings. The SMILES string of the molecule is CCCN1C(=O)C(C#N)=C(C)/C(=C\c2cn(-c3ccccc3)nc2-c2ccc(OC)c(Br)c2)C1=O. The Balaban J connectivity index is 1.93. The van der Waals surface area contributed by atoms with Crippen LogP contribution in [0.15, 0.2) is 75.9 Å². The number of para-hydroxylation sites is 1. The molecule has 176 valence electrons. The number of rotatable bonds is 6. The number of benzene rings is 2. The molecular weight excluding hydrogens is 508 g/mol. The zero-order chi connectivity index (χ0) is 25.1. The van der Waals surface area contributed by atoms with Crippen molar-refractivity contribution in [3.05, 3.63) is 81.5 Å². The van der Waals surface area contributed by atoms with Crippen molar-refractivity contribution >= 4 is 33.8 Å². The van der Waals surface area contributed by atoms with Crippen LogP contribution >= 0.6 is 15.9 Å². The third-order valence-corrected chi connectivity index (χ3v) is 6.38. The molecule has 0 atom stereocenters. The van der Waals surface area contributed by atoms with E-state index in [1.807, 2.05) is 67.7 Å². The number of nitrogens with zero attached hydrogens (tertiary/aromatic N) is 4. The van der Waals surface area contributed by atoms with Crippen LogP contribution in [-0.2, 0) is 9.59 Å². The first-order chi connectivity index (χ1) is 16.9. The highest BCUT2D eigenvalue weighted by Crippen LogP contribution is 2.34. The normalized spacial score (nSPS) is 15.1. The van der Waals surface area contributed by atoms with Gasteiger partial charge in [-0.3, -0.25) is 14.5 Å². The summed E-state index contributed by atoms with van der Waals surface area (Å²) in [5, 5.41) is 14.4. The zero-order valence-electron chi connectivity index (χ0n) is 19.6. The molecular formula is C27H23BrN4O3. The summed E-state index contributed by atoms with van der Waals surface area (Å²) in [5.41, 5.74) is 3.63. The Kier molecular flexibility index (Phi) is 6.99. The van der Waals surface area contributed by atoms with Crippen LogP contribution in [0.2, 0.25) is 0 Å². The number of hydrogen-bond donors (Lipinski definition) is 0. The molecule has 1 aromatic heterocycles. The summed E-state index contributed by atoms with van der Waals surface area (Å²) >= 11 is 3.53. The lowest BCUT2D eigenvalue weighted by Crippen LogP contribution is -2.43. The highest BCUT2D eigenvalue weighted by Gasteiger charge is 2.35. The Morgan fingerprint density at radius 2 is 1.89 bits per heavy atom. The van der Waals surface area contributed by atoms with E-state index in [0.29, 0.717) is 34.6 Å². The Hall–Kier alpha value is -3.96. The maximum absolute atomic E-state index is 13.3. The quantitative estimate of drug-likeness (QED) is 0.318. The average Bonchev–Trinajstić information content (AvgIpc) is 3.29. The number of nitriles is 1. The van der Waals surface area contributed by atoms with Crippen LogP contribution in [0.1, 0.15) is 25.8 Å². The first-order valence-electron chi connectivity index (χ1n) is 11.1. The number of imide groups is 1. The Labute approximate surface area is 212 Å². The minimum Gasteiger partial charge on any atom is -0.496 e. The molecule has 2 amide bonds. The van der Waals surface area contributed by atoms with Crippen LogP contribution in [0.4, 0.5) is 0 Å². The van der Waals surface area contributed by atoms with Crippen LogP contribution in [0.3, 0.4) is 0 Å². The van der Waals surface area contributed by atoms with Gasteiger partial charge in [0.1, 0.15) is 23.1 Å². The highest BCUT2D eigenvalue weighted by molar-refractivity contribution is 9.10. The molecule has 0 unspecified atom stereocenters. The predicted molar refractivity (Wildman–Crippen MR) is 137 cm³/mol. The number of aromatic nitrogens is 2. The number of amides is 2. The topological polar surface area (TPSA) is 88.2 Å². The van der Waals surface area contributed by atoms with Gasteiger partial charge in [0.2, 0.25) is 0 Å². The van der Waals surface area contributed by atoms with Gasteiger partial charge in [-0.25, -0.2) is 4.68 Å². The molecule has 2 heterocycles. The Bertz CT molecular complexity index is 1410. The molecule has 7 nitrogen and oxygen atoms in total. The second kappa shape index (κ2) is 10.1. The van der Waals surface area contributed by atoms with E-state index in [2.05, 4.69) is 15.9 Å². The van der Waals surface area contributed by atoms with Crippen LogP contribution in [-0.4, -0.2) is 40.1 Å². The van der Waals surface area contributed by atoms with Gasteiger partial charge in [-0.05, 0) is 71.3 Å². The number of halogens is 1. The maximum Gasteiger partial charge on any atom is 0.271 e. The van der Waals surface area contributed by atoms with Crippen molar-refractivity contribution in [3.8, 4) is 28.8 Å². The van der Waals surface area contributed by atoms with E-state index in [1.54, 1.807) is 24.8 Å². The minimum absolute atomic E-state index is 0.0199. The second-order valence-electron chi connectivity index (χ2n) is 7.99. The summed E-state index contributed by atoms with van der Waals surface area (Å²) < 4.78 is 7.86. The molecule has 1 aliphatic heterocycles. The molecule has 4 rings (SSSR count). The van der Waals surface area contributed by atoms with Crippen molar-refractivity contribution in [2.24, 2.45) is 0 Å². The summed E-state index contributed by atoms with van der Waals surface area (Å²) in [7, 11) is 1.60. The third-order valence-electron chi connectivity index (χ3n) is 5.76. The average molecular weight is 531 g/mol. The summed E-state index contributed by atoms with van der Waals surface area (Å²) in [6.45, 7) is 3.76. The van der Waals surface area contributed by atoms with E-state index in [-0.39, 0.29) is 12.1 Å². The minimum atomic E-state index is -0.548. The molecule has 0 N–H and O–H groups in total. The molecule has 2 aromatic carbocycles. The van der Waals surface area contributed by atoms with Crippen LogP contribution < -0.4 is 4.74 Å². The number of methoxy groups -OCH3 is 1. The molecule has 0 fully saturated rings. The fraction of sp³-hybridized carbons (Fsp3) is 0.185. The van der Waals surface area contributed by atoms with E-state index >= 15 is 0 Å². The molecule has 0 saturated carbocycles. The van der Waals surface area contributed by atoms with E-state index in [0.717, 1.165) is 20.6 Å². The molecule has 0 bridgehead atoms. The van der Waals surface area contributed by atoms with Crippen molar-refractivity contribution in [2.75, 3.05) is 13.7 Å². The molecule has 3 aromatic rings. The van der Waals surface area contributed by atoms with Crippen LogP contribution in [0, 0.1) is 11.3 Å². The zero-order valence-corrected chi connectivity index (χ0v) is 21.2. The van der Waals surface area contributed by atoms with Crippen molar-refractivity contribution < 1.29 is 14.3 Å². The van der Waals surface area contributed by atoms with Gasteiger partial charge in [0, 0.05) is 29.4 Å². The number of carbonyl (C=O) groups excluding carboxylic acids is 2. The fourth-order valence-electron chi connectivity index (χ4n) is 3.96. The molecule has 0 aliphatic carbocycles. The number of hydrogen-bond acceptors (Lipinski definition) is 5. The first-order valence-corrected chi connectivity index (χ1v) is 11.9. The second-order valence-corrected chi connectivity index (χ2v) is 8.85. The first kappa shape index (κ1) is 24.2. The molecule has 0 radical (unpaired) electrons. The summed E-state index contributed by atoms with van der Waals surface area (Å²) in [6, 6.07) is 17.2. The summed E-state index contributed by atoms with van der Waals surface area (Å²) in [5.74, 6) is -0.277. The van der Waals surface area contributed by atoms with E-state index < -0.39 is 11.8 Å². The van der Waals surface area contributed by atoms with Gasteiger partial charge in [-0.1, -0.05) is 25.1 Å². The molecule has 35 heavy (non-hydrogen) atoms. The van der Waals surface area contributed by atoms with Crippen LogP contribution in [0.25, 0.3) is 23.0 Å². The number of carbonyl (C=O) groups is 2. The largest absolute Gasteiger partial charge is 0.496 e. The van der Waals surface area contributed by atoms with Gasteiger partial charge in [-0.2, -0.15) is 10.4 Å².